The summed E-state index contributed by atoms with van der Waals surface area (Å²) >= 11 is 5.00. The van der Waals surface area contributed by atoms with Crippen molar-refractivity contribution in [1.29, 1.82) is 0 Å². The molecule has 2 heterocycles. The Labute approximate surface area is 633 Å². The summed E-state index contributed by atoms with van der Waals surface area (Å²) in [6, 6.07) is 26.5. The van der Waals surface area contributed by atoms with Crippen LogP contribution in [-0.4, -0.2) is 184 Å². The third-order valence-electron chi connectivity index (χ3n) is 21.6. The van der Waals surface area contributed by atoms with Crippen LogP contribution in [0.1, 0.15) is 160 Å². The average Bonchev–Trinajstić information content (AvgIpc) is 1.57. The normalized spacial score (nSPS) is 24.8. The number of carbonyl (C=O) groups is 8. The van der Waals surface area contributed by atoms with Crippen LogP contribution in [0.3, 0.4) is 0 Å². The molecule has 4 aromatic rings. The van der Waals surface area contributed by atoms with Crippen molar-refractivity contribution in [1.82, 2.24) is 40.4 Å². The van der Waals surface area contributed by atoms with Gasteiger partial charge in [-0.25, -0.2) is 26.4 Å². The van der Waals surface area contributed by atoms with Gasteiger partial charge in [0, 0.05) is 58.5 Å². The molecule has 0 bridgehead atoms. The van der Waals surface area contributed by atoms with Crippen molar-refractivity contribution >= 4 is 90.0 Å². The van der Waals surface area contributed by atoms with Crippen LogP contribution in [0.4, 0.5) is 9.59 Å². The molecule has 28 nitrogen and oxygen atoms in total. The van der Waals surface area contributed by atoms with Crippen LogP contribution in [0.15, 0.2) is 133 Å². The molecular weight excluding hydrogens is 1450 g/mol. The van der Waals surface area contributed by atoms with E-state index in [1.807, 2.05) is 97.1 Å². The number of benzene rings is 4. The number of carbonyl (C=O) groups excluding carboxylic acids is 8. The van der Waals surface area contributed by atoms with Crippen molar-refractivity contribution in [2.75, 3.05) is 13.1 Å². The molecule has 0 spiro atoms. The van der Waals surface area contributed by atoms with E-state index in [0.717, 1.165) is 83.0 Å². The van der Waals surface area contributed by atoms with E-state index >= 15 is 0 Å². The second-order valence-corrected chi connectivity index (χ2v) is 34.0. The number of amides is 7. The highest BCUT2D eigenvalue weighted by Gasteiger charge is 2.64. The summed E-state index contributed by atoms with van der Waals surface area (Å²) in [7, 11) is -7.77. The number of hydrogen-bond acceptors (Lipinski definition) is 21. The number of oxime groups is 2. The highest BCUT2D eigenvalue weighted by atomic mass is 35.5. The summed E-state index contributed by atoms with van der Waals surface area (Å²) in [5.41, 5.74) is 7.11. The lowest BCUT2D eigenvalue weighted by atomic mass is 10.0. The van der Waals surface area contributed by atoms with Crippen molar-refractivity contribution in [2.45, 2.75) is 208 Å². The summed E-state index contributed by atoms with van der Waals surface area (Å²) in [5.74, 6) is -6.24. The molecule has 6 saturated carbocycles. The number of fused-ring (bicyclic) bond motifs is 6. The molecule has 8 fully saturated rings. The number of sulfonamides is 2. The van der Waals surface area contributed by atoms with Gasteiger partial charge in [0.25, 0.3) is 11.8 Å². The highest BCUT2D eigenvalue weighted by molar-refractivity contribution is 7.91. The molecule has 4 aromatic carbocycles. The number of nitrogens with zero attached hydrogens (tertiary/aromatic N) is 5. The molecule has 14 rings (SSSR count). The Balaban J connectivity index is 0.000000192. The first-order chi connectivity index (χ1) is 51.1. The molecule has 7 N–H and O–H groups in total. The zero-order chi connectivity index (χ0) is 76.4. The molecule has 2 saturated heterocycles. The predicted molar refractivity (Wildman–Crippen MR) is 399 cm³/mol. The maximum Gasteiger partial charge on any atom is 0.434 e. The van der Waals surface area contributed by atoms with Crippen molar-refractivity contribution < 1.29 is 84.8 Å². The zero-order valence-electron chi connectivity index (χ0n) is 60.0. The van der Waals surface area contributed by atoms with Crippen molar-refractivity contribution in [3.05, 3.63) is 145 Å². The van der Waals surface area contributed by atoms with Crippen LogP contribution in [0, 0.1) is 23.7 Å². The standard InChI is InChI=1S/C38H45N5O9S.C32H37N5O7S.C6H9ClO2.CH4/c1-4-23-20-38(23,36(46)41-53(49,50)26-17-18-26)39-34(44)31-19-25(52-40-32-29-15-9-7-13-27(29)28-14-8-10-16-30(28)32)21-42(31)35(45)33(22(2)3)43(48)37(47)51-24-11-5-6-12-24;1-4-19-16-32(19,31(40)36-45(42,43)21-13-14-21)33-29(38)26-15-20(17-37(26)30(39)27(34-41)18(2)3)44-35-28-24-11-7-5-9-22(24)23-10-6-8-12-25(23)28;7-6(8)9-5-3-1-2-4-5;/h4,7-10,13-16,22-26,31,33,48H,1,5-6,11-12,17-21H2,2-3H3,(H,39,44)(H,41,46);4-12,18-21,26-27,34,41H,1,13-17H2,2-3H3,(H,33,38)(H,36,40);5H,1-4H2;1H4/t23-,25-,31+,33+,38-;19-,20-,26+,27+,32-;;/m11../s1. The Kier molecular flexibility index (Phi) is 24.4. The molecule has 10 atom stereocenters. The quantitative estimate of drug-likeness (QED) is 0.0129. The lowest BCUT2D eigenvalue weighted by Crippen LogP contribution is -2.59. The van der Waals surface area contributed by atoms with Gasteiger partial charge in [0.2, 0.25) is 43.7 Å². The Morgan fingerprint density at radius 3 is 1.21 bits per heavy atom. The van der Waals surface area contributed by atoms with Crippen LogP contribution in [0.2, 0.25) is 0 Å². The van der Waals surface area contributed by atoms with Gasteiger partial charge < -0.3 is 44.8 Å². The van der Waals surface area contributed by atoms with Gasteiger partial charge in [0.1, 0.15) is 71.1 Å². The topological polar surface area (TPSA) is 377 Å². The van der Waals surface area contributed by atoms with E-state index in [2.05, 4.69) is 49.0 Å². The second kappa shape index (κ2) is 33.0. The maximum atomic E-state index is 14.4. The van der Waals surface area contributed by atoms with Crippen LogP contribution in [0.5, 0.6) is 0 Å². The summed E-state index contributed by atoms with van der Waals surface area (Å²) in [4.78, 5) is 121. The molecule has 8 aliphatic carbocycles. The molecule has 108 heavy (non-hydrogen) atoms. The fourth-order valence-corrected chi connectivity index (χ4v) is 18.0. The summed E-state index contributed by atoms with van der Waals surface area (Å²) in [5, 5.41) is 34.5. The van der Waals surface area contributed by atoms with Crippen LogP contribution in [0.25, 0.3) is 22.3 Å². The third-order valence-corrected chi connectivity index (χ3v) is 25.4. The van der Waals surface area contributed by atoms with Crippen LogP contribution < -0.4 is 25.6 Å². The minimum atomic E-state index is -3.92. The van der Waals surface area contributed by atoms with E-state index in [4.69, 9.17) is 30.7 Å². The molecule has 10 aliphatic rings. The summed E-state index contributed by atoms with van der Waals surface area (Å²) in [6.07, 6.45) is 9.74. The molecule has 0 unspecified atom stereocenters. The second-order valence-electron chi connectivity index (χ2n) is 29.8. The Hall–Kier alpha value is -9.07. The molecule has 0 radical (unpaired) electrons. The highest BCUT2D eigenvalue weighted by Crippen LogP contribution is 2.48. The minimum absolute atomic E-state index is 0. The van der Waals surface area contributed by atoms with E-state index in [1.165, 1.54) is 22.0 Å². The maximum absolute atomic E-state index is 14.4. The number of hydrogen-bond donors (Lipinski definition) is 7. The first-order valence-electron chi connectivity index (χ1n) is 36.6. The molecule has 580 valence electrons. The van der Waals surface area contributed by atoms with Gasteiger partial charge in [-0.2, -0.15) is 10.5 Å². The van der Waals surface area contributed by atoms with Crippen molar-refractivity contribution in [3.63, 3.8) is 0 Å². The number of hydroxylamine groups is 3. The molecule has 7 amide bonds. The fraction of sp³-hybridized carbons (Fsp3) is 0.506. The number of likely N-dealkylation sites (tertiary alicyclic amines) is 2. The van der Waals surface area contributed by atoms with E-state index in [1.54, 1.807) is 27.7 Å². The van der Waals surface area contributed by atoms with Crippen molar-refractivity contribution in [3.8, 4) is 22.3 Å². The number of nitrogens with one attached hydrogen (secondary N) is 5. The first-order valence-corrected chi connectivity index (χ1v) is 40.0. The molecule has 31 heteroatoms. The lowest BCUT2D eigenvalue weighted by molar-refractivity contribution is -0.164. The zero-order valence-corrected chi connectivity index (χ0v) is 62.4. The average molecular weight is 1550 g/mol. The smallest absolute Gasteiger partial charge is 0.434 e. The SMILES string of the molecule is C.C=C[C@@H]1C[C@]1(NC(=O)[C@@H]1C[C@@H](ON=C2c3ccccc3-c3ccccc32)CN1C(=O)[C@@H](NO)C(C)C)C(=O)NS(=O)(=O)C1CC1.C=C[C@@H]1C[C@]1(NC(=O)[C@@H]1C[C@@H](ON=C2c3ccccc3-c3ccccc32)CN1C(=O)[C@H](C(C)C)N(O)C(=O)OC1CCCC1)C(=O)NS(=O)(=O)C1CC1.O=C(Cl)OC1CCCC1. The van der Waals surface area contributed by atoms with Gasteiger partial charge in [-0.1, -0.05) is 155 Å². The van der Waals surface area contributed by atoms with Crippen LogP contribution in [-0.2, 0) is 68.0 Å². The monoisotopic (exact) mass is 1550 g/mol. The van der Waals surface area contributed by atoms with E-state index in [0.29, 0.717) is 55.0 Å². The largest absolute Gasteiger partial charge is 0.450 e. The van der Waals surface area contributed by atoms with E-state index in [9.17, 15) is 65.6 Å². The Morgan fingerprint density at radius 2 is 0.898 bits per heavy atom. The van der Waals surface area contributed by atoms with Gasteiger partial charge in [0.15, 0.2) is 0 Å². The molecular formula is C77H95ClN10O18S2. The Bertz CT molecular complexity index is 4350. The van der Waals surface area contributed by atoms with Gasteiger partial charge >= 0.3 is 11.5 Å². The van der Waals surface area contributed by atoms with Gasteiger partial charge in [-0.3, -0.25) is 43.4 Å². The summed E-state index contributed by atoms with van der Waals surface area (Å²) < 4.78 is 64.9. The molecule has 2 aliphatic heterocycles. The number of ether oxygens (including phenoxy) is 2. The predicted octanol–water partition coefficient (Wildman–Crippen LogP) is 8.89. The third kappa shape index (κ3) is 17.0. The van der Waals surface area contributed by atoms with Gasteiger partial charge in [-0.15, -0.1) is 13.2 Å². The van der Waals surface area contributed by atoms with Gasteiger partial charge in [0.05, 0.1) is 23.6 Å². The van der Waals surface area contributed by atoms with Gasteiger partial charge in [-0.05, 0) is 124 Å². The molecule has 0 aromatic heterocycles. The minimum Gasteiger partial charge on any atom is -0.450 e. The van der Waals surface area contributed by atoms with E-state index < -0.39 is 143 Å². The van der Waals surface area contributed by atoms with Crippen molar-refractivity contribution in [2.24, 2.45) is 34.0 Å². The summed E-state index contributed by atoms with van der Waals surface area (Å²) in [6.45, 7) is 14.2. The first kappa shape index (κ1) is 80.0. The lowest BCUT2D eigenvalue weighted by Gasteiger charge is -2.34. The fourth-order valence-electron chi connectivity index (χ4n) is 15.2. The van der Waals surface area contributed by atoms with Crippen LogP contribution >= 0.6 is 11.6 Å². The number of rotatable bonds is 24. The van der Waals surface area contributed by atoms with E-state index in [-0.39, 0.29) is 64.3 Å². The number of halogens is 1. The Morgan fingerprint density at radius 1 is 0.546 bits per heavy atom.